The molecule has 2 atom stereocenters. The van der Waals surface area contributed by atoms with Crippen molar-refractivity contribution in [2.75, 3.05) is 6.61 Å². The van der Waals surface area contributed by atoms with Gasteiger partial charge in [-0.15, -0.1) is 0 Å². The topological polar surface area (TPSA) is 55.4 Å². The molecule has 0 aromatic heterocycles. The second-order valence-electron chi connectivity index (χ2n) is 4.40. The van der Waals surface area contributed by atoms with E-state index in [1.54, 1.807) is 20.8 Å². The van der Waals surface area contributed by atoms with Gasteiger partial charge in [-0.05, 0) is 32.9 Å². The third-order valence-electron chi connectivity index (χ3n) is 2.96. The van der Waals surface area contributed by atoms with Gasteiger partial charge in [0.1, 0.15) is 5.82 Å². The zero-order valence-electron chi connectivity index (χ0n) is 11.6. The summed E-state index contributed by atoms with van der Waals surface area (Å²) in [4.78, 5) is 23.6. The third-order valence-corrected chi connectivity index (χ3v) is 3.27. The zero-order chi connectivity index (χ0) is 15.3. The van der Waals surface area contributed by atoms with Gasteiger partial charge in [-0.2, -0.15) is 0 Å². The van der Waals surface area contributed by atoms with E-state index < -0.39 is 29.7 Å². The monoisotopic (exact) mass is 301 g/mol. The van der Waals surface area contributed by atoms with Crippen LogP contribution in [0.25, 0.3) is 0 Å². The van der Waals surface area contributed by atoms with Crippen LogP contribution in [0.4, 0.5) is 4.39 Å². The summed E-state index contributed by atoms with van der Waals surface area (Å²) in [6.45, 7) is 5.25. The Kier molecular flexibility index (Phi) is 5.95. The summed E-state index contributed by atoms with van der Waals surface area (Å²) in [5, 5.41) is 2.58. The summed E-state index contributed by atoms with van der Waals surface area (Å²) in [6, 6.07) is 3.50. The van der Waals surface area contributed by atoms with Gasteiger partial charge < -0.3 is 10.1 Å². The van der Waals surface area contributed by atoms with Crippen LogP contribution in [-0.4, -0.2) is 24.5 Å². The largest absolute Gasteiger partial charge is 0.466 e. The summed E-state index contributed by atoms with van der Waals surface area (Å²) >= 11 is 5.81. The van der Waals surface area contributed by atoms with Crippen molar-refractivity contribution in [2.45, 2.75) is 26.8 Å². The Labute approximate surface area is 122 Å². The van der Waals surface area contributed by atoms with E-state index in [1.807, 2.05) is 0 Å². The van der Waals surface area contributed by atoms with Crippen LogP contribution in [0.5, 0.6) is 0 Å². The predicted molar refractivity (Wildman–Crippen MR) is 74.1 cm³/mol. The van der Waals surface area contributed by atoms with E-state index in [1.165, 1.54) is 12.1 Å². The fraction of sp³-hybridized carbons (Fsp3) is 0.429. The minimum atomic E-state index is -0.703. The molecule has 6 heteroatoms. The Morgan fingerprint density at radius 2 is 2.05 bits per heavy atom. The van der Waals surface area contributed by atoms with Gasteiger partial charge in [0, 0.05) is 6.04 Å². The molecule has 1 aromatic rings. The molecule has 0 bridgehead atoms. The van der Waals surface area contributed by atoms with E-state index >= 15 is 0 Å². The standard InChI is InChI=1S/C14H17ClFNO3/c1-4-20-14(19)8(2)9(3)17-13(18)12-10(15)6-5-7-11(12)16/h5-9H,4H2,1-3H3,(H,17,18)/t8-,9+/m0/s1. The summed E-state index contributed by atoms with van der Waals surface area (Å²) in [6.07, 6.45) is 0. The molecule has 0 aliphatic rings. The van der Waals surface area contributed by atoms with Crippen molar-refractivity contribution in [3.63, 3.8) is 0 Å². The van der Waals surface area contributed by atoms with E-state index in [0.717, 1.165) is 6.07 Å². The van der Waals surface area contributed by atoms with Crippen LogP contribution < -0.4 is 5.32 Å². The molecule has 0 heterocycles. The molecule has 1 amide bonds. The number of carbonyl (C=O) groups excluding carboxylic acids is 2. The van der Waals surface area contributed by atoms with Gasteiger partial charge in [0.2, 0.25) is 0 Å². The van der Waals surface area contributed by atoms with Crippen molar-refractivity contribution in [3.8, 4) is 0 Å². The highest BCUT2D eigenvalue weighted by atomic mass is 35.5. The summed E-state index contributed by atoms with van der Waals surface area (Å²) < 4.78 is 18.5. The minimum Gasteiger partial charge on any atom is -0.466 e. The Hall–Kier alpha value is -1.62. The third kappa shape index (κ3) is 3.93. The van der Waals surface area contributed by atoms with Gasteiger partial charge in [-0.1, -0.05) is 17.7 Å². The van der Waals surface area contributed by atoms with E-state index in [9.17, 15) is 14.0 Å². The Morgan fingerprint density at radius 1 is 1.40 bits per heavy atom. The molecule has 4 nitrogen and oxygen atoms in total. The van der Waals surface area contributed by atoms with Gasteiger partial charge in [0.25, 0.3) is 5.91 Å². The van der Waals surface area contributed by atoms with E-state index in [-0.39, 0.29) is 17.2 Å². The van der Waals surface area contributed by atoms with Gasteiger partial charge in [-0.3, -0.25) is 9.59 Å². The average molecular weight is 302 g/mol. The van der Waals surface area contributed by atoms with Crippen molar-refractivity contribution >= 4 is 23.5 Å². The van der Waals surface area contributed by atoms with Crippen LogP contribution in [0.2, 0.25) is 5.02 Å². The number of ether oxygens (including phenoxy) is 1. The van der Waals surface area contributed by atoms with Crippen LogP contribution in [0.1, 0.15) is 31.1 Å². The van der Waals surface area contributed by atoms with Crippen molar-refractivity contribution in [3.05, 3.63) is 34.6 Å². The van der Waals surface area contributed by atoms with Crippen LogP contribution >= 0.6 is 11.6 Å². The summed E-state index contributed by atoms with van der Waals surface area (Å²) in [7, 11) is 0. The number of carbonyl (C=O) groups is 2. The number of benzene rings is 1. The van der Waals surface area contributed by atoms with E-state index in [0.29, 0.717) is 0 Å². The normalized spacial score (nSPS) is 13.4. The maximum absolute atomic E-state index is 13.6. The maximum Gasteiger partial charge on any atom is 0.310 e. The number of hydrogen-bond acceptors (Lipinski definition) is 3. The van der Waals surface area contributed by atoms with Crippen molar-refractivity contribution in [2.24, 2.45) is 5.92 Å². The lowest BCUT2D eigenvalue weighted by molar-refractivity contribution is -0.148. The molecule has 0 spiro atoms. The lowest BCUT2D eigenvalue weighted by atomic mass is 10.0. The first-order valence-electron chi connectivity index (χ1n) is 6.30. The summed E-state index contributed by atoms with van der Waals surface area (Å²) in [5.41, 5.74) is -0.225. The molecular formula is C14H17ClFNO3. The number of esters is 1. The molecule has 0 radical (unpaired) electrons. The second kappa shape index (κ2) is 7.24. The number of nitrogens with one attached hydrogen (secondary N) is 1. The van der Waals surface area contributed by atoms with E-state index in [2.05, 4.69) is 5.32 Å². The number of amides is 1. The minimum absolute atomic E-state index is 0.0264. The quantitative estimate of drug-likeness (QED) is 0.851. The number of hydrogen-bond donors (Lipinski definition) is 1. The van der Waals surface area contributed by atoms with Gasteiger partial charge in [0.05, 0.1) is 23.1 Å². The highest BCUT2D eigenvalue weighted by molar-refractivity contribution is 6.33. The first kappa shape index (κ1) is 16.4. The lowest BCUT2D eigenvalue weighted by Gasteiger charge is -2.20. The molecule has 0 fully saturated rings. The molecule has 0 aliphatic heterocycles. The van der Waals surface area contributed by atoms with Crippen LogP contribution in [0, 0.1) is 11.7 Å². The van der Waals surface area contributed by atoms with Crippen molar-refractivity contribution < 1.29 is 18.7 Å². The van der Waals surface area contributed by atoms with E-state index in [4.69, 9.17) is 16.3 Å². The smallest absolute Gasteiger partial charge is 0.310 e. The highest BCUT2D eigenvalue weighted by Gasteiger charge is 2.25. The predicted octanol–water partition coefficient (Wildman–Crippen LogP) is 2.80. The average Bonchev–Trinajstić information content (AvgIpc) is 2.37. The van der Waals surface area contributed by atoms with Gasteiger partial charge in [0.15, 0.2) is 0 Å². The highest BCUT2D eigenvalue weighted by Crippen LogP contribution is 2.19. The first-order valence-corrected chi connectivity index (χ1v) is 6.67. The Bertz CT molecular complexity index is 487. The second-order valence-corrected chi connectivity index (χ2v) is 4.81. The first-order chi connectivity index (χ1) is 9.38. The molecule has 1 rings (SSSR count). The number of rotatable bonds is 5. The van der Waals surface area contributed by atoms with Crippen LogP contribution in [0.3, 0.4) is 0 Å². The molecule has 0 saturated heterocycles. The molecule has 0 aliphatic carbocycles. The van der Waals surface area contributed by atoms with Crippen LogP contribution in [-0.2, 0) is 9.53 Å². The maximum atomic E-state index is 13.6. The number of halogens is 2. The van der Waals surface area contributed by atoms with Gasteiger partial charge in [-0.25, -0.2) is 4.39 Å². The molecule has 0 saturated carbocycles. The molecule has 1 N–H and O–H groups in total. The molecule has 20 heavy (non-hydrogen) atoms. The molecule has 110 valence electrons. The Morgan fingerprint density at radius 3 is 2.60 bits per heavy atom. The fourth-order valence-electron chi connectivity index (χ4n) is 1.60. The van der Waals surface area contributed by atoms with Crippen molar-refractivity contribution in [1.29, 1.82) is 0 Å². The van der Waals surface area contributed by atoms with Crippen LogP contribution in [0.15, 0.2) is 18.2 Å². The fourth-order valence-corrected chi connectivity index (χ4v) is 1.85. The lowest BCUT2D eigenvalue weighted by Crippen LogP contribution is -2.41. The molecular weight excluding hydrogens is 285 g/mol. The van der Waals surface area contributed by atoms with Crippen molar-refractivity contribution in [1.82, 2.24) is 5.32 Å². The Balaban J connectivity index is 2.78. The molecule has 0 unspecified atom stereocenters. The SMILES string of the molecule is CCOC(=O)[C@@H](C)[C@@H](C)NC(=O)c1c(F)cccc1Cl. The zero-order valence-corrected chi connectivity index (χ0v) is 12.3. The van der Waals surface area contributed by atoms with Gasteiger partial charge >= 0.3 is 5.97 Å². The molecule has 1 aromatic carbocycles. The summed E-state index contributed by atoms with van der Waals surface area (Å²) in [5.74, 6) is -2.31.